The number of halogens is 1. The van der Waals surface area contributed by atoms with Gasteiger partial charge in [0.05, 0.1) is 16.6 Å². The molecule has 0 aliphatic heterocycles. The maximum atomic E-state index is 13.0. The minimum atomic E-state index is -0.476. The number of carbonyl (C=O) groups is 1. The van der Waals surface area contributed by atoms with Crippen LogP contribution in [0.1, 0.15) is 31.9 Å². The van der Waals surface area contributed by atoms with Gasteiger partial charge in [-0.3, -0.25) is 18.7 Å². The number of para-hydroxylation sites is 1. The number of aromatic nitrogens is 2. The van der Waals surface area contributed by atoms with Gasteiger partial charge in [-0.2, -0.15) is 0 Å². The lowest BCUT2D eigenvalue weighted by atomic mass is 10.2. The van der Waals surface area contributed by atoms with Crippen molar-refractivity contribution in [1.29, 1.82) is 0 Å². The van der Waals surface area contributed by atoms with Gasteiger partial charge in [0.15, 0.2) is 0 Å². The molecule has 0 aliphatic rings. The number of amides is 1. The van der Waals surface area contributed by atoms with Crippen LogP contribution in [0.3, 0.4) is 0 Å². The summed E-state index contributed by atoms with van der Waals surface area (Å²) < 4.78 is 3.36. The summed E-state index contributed by atoms with van der Waals surface area (Å²) in [5.74, 6) is -0.342. The molecule has 28 heavy (non-hydrogen) atoms. The van der Waals surface area contributed by atoms with E-state index in [9.17, 15) is 14.4 Å². The molecule has 1 heterocycles. The van der Waals surface area contributed by atoms with Crippen molar-refractivity contribution in [1.82, 2.24) is 9.13 Å². The monoisotopic (exact) mass is 443 g/mol. The molecule has 0 saturated carbocycles. The highest BCUT2D eigenvalue weighted by Gasteiger charge is 2.18. The Morgan fingerprint density at radius 2 is 1.89 bits per heavy atom. The van der Waals surface area contributed by atoms with Gasteiger partial charge < -0.3 is 5.32 Å². The number of hydrogen-bond donors (Lipinski definition) is 1. The molecule has 1 aromatic heterocycles. The van der Waals surface area contributed by atoms with Crippen molar-refractivity contribution in [3.8, 4) is 0 Å². The highest BCUT2D eigenvalue weighted by Crippen LogP contribution is 2.23. The van der Waals surface area contributed by atoms with Crippen molar-refractivity contribution in [3.05, 3.63) is 73.3 Å². The Morgan fingerprint density at radius 1 is 1.18 bits per heavy atom. The van der Waals surface area contributed by atoms with E-state index in [2.05, 4.69) is 21.2 Å². The van der Waals surface area contributed by atoms with Crippen molar-refractivity contribution >= 4 is 38.4 Å². The molecule has 0 bridgehead atoms. The Balaban J connectivity index is 2.06. The van der Waals surface area contributed by atoms with Crippen molar-refractivity contribution in [3.63, 3.8) is 0 Å². The highest BCUT2D eigenvalue weighted by atomic mass is 79.9. The number of nitrogens with one attached hydrogen (secondary N) is 1. The van der Waals surface area contributed by atoms with E-state index >= 15 is 0 Å². The molecule has 6 nitrogen and oxygen atoms in total. The summed E-state index contributed by atoms with van der Waals surface area (Å²) in [7, 11) is 0. The summed E-state index contributed by atoms with van der Waals surface area (Å²) in [4.78, 5) is 38.5. The number of aryl methyl sites for hydroxylation is 1. The molecular formula is C21H22BrN3O3. The van der Waals surface area contributed by atoms with Gasteiger partial charge in [-0.25, -0.2) is 4.79 Å². The lowest BCUT2D eigenvalue weighted by Gasteiger charge is -2.17. The van der Waals surface area contributed by atoms with Gasteiger partial charge in [-0.1, -0.05) is 25.1 Å². The zero-order valence-electron chi connectivity index (χ0n) is 16.0. The lowest BCUT2D eigenvalue weighted by Crippen LogP contribution is -2.43. The van der Waals surface area contributed by atoms with Gasteiger partial charge in [0.2, 0.25) is 5.91 Å². The third-order valence-electron chi connectivity index (χ3n) is 4.81. The first-order valence-corrected chi connectivity index (χ1v) is 9.92. The summed E-state index contributed by atoms with van der Waals surface area (Å²) in [6.07, 6.45) is 0.635. The molecule has 0 saturated heterocycles. The van der Waals surface area contributed by atoms with E-state index in [1.54, 1.807) is 30.3 Å². The largest absolute Gasteiger partial charge is 0.332 e. The van der Waals surface area contributed by atoms with Crippen molar-refractivity contribution in [2.75, 3.05) is 5.32 Å². The van der Waals surface area contributed by atoms with Crippen LogP contribution in [0.5, 0.6) is 0 Å². The molecule has 2 aromatic carbocycles. The molecule has 1 atom stereocenters. The third-order valence-corrected chi connectivity index (χ3v) is 5.47. The van der Waals surface area contributed by atoms with Crippen LogP contribution in [0.2, 0.25) is 0 Å². The fourth-order valence-electron chi connectivity index (χ4n) is 3.12. The van der Waals surface area contributed by atoms with Crippen LogP contribution in [0.15, 0.2) is 56.5 Å². The summed E-state index contributed by atoms with van der Waals surface area (Å²) in [6, 6.07) is 12.2. The predicted molar refractivity (Wildman–Crippen MR) is 115 cm³/mol. The Bertz CT molecular complexity index is 1160. The molecule has 0 radical (unpaired) electrons. The molecule has 0 spiro atoms. The summed E-state index contributed by atoms with van der Waals surface area (Å²) in [5.41, 5.74) is 1.34. The second kappa shape index (κ2) is 8.14. The molecule has 7 heteroatoms. The fourth-order valence-corrected chi connectivity index (χ4v) is 3.71. The number of carbonyl (C=O) groups excluding carboxylic acids is 1. The van der Waals surface area contributed by atoms with E-state index in [1.165, 1.54) is 9.13 Å². The molecule has 0 fully saturated rings. The molecule has 0 unspecified atom stereocenters. The van der Waals surface area contributed by atoms with Crippen LogP contribution in [0, 0.1) is 6.92 Å². The van der Waals surface area contributed by atoms with Crippen LogP contribution in [0.4, 0.5) is 5.69 Å². The van der Waals surface area contributed by atoms with Crippen LogP contribution in [0.25, 0.3) is 10.9 Å². The van der Waals surface area contributed by atoms with Gasteiger partial charge in [0.25, 0.3) is 5.56 Å². The molecule has 3 aromatic rings. The standard InChI is InChI=1S/C21H22BrN3O3/c1-4-14(3)25-20(27)15-7-5-6-8-18(15)24(21(25)28)12-19(26)23-17-10-9-13(2)11-16(17)22/h5-11,14H,4,12H2,1-3H3,(H,23,26)/t14-/m0/s1. The lowest BCUT2D eigenvalue weighted by molar-refractivity contribution is -0.116. The molecule has 1 amide bonds. The minimum absolute atomic E-state index is 0.184. The van der Waals surface area contributed by atoms with Crippen LogP contribution in [-0.2, 0) is 11.3 Å². The average Bonchev–Trinajstić information content (AvgIpc) is 2.67. The Hall–Kier alpha value is -2.67. The zero-order valence-corrected chi connectivity index (χ0v) is 17.6. The first-order valence-electron chi connectivity index (χ1n) is 9.13. The molecular weight excluding hydrogens is 422 g/mol. The predicted octanol–water partition coefficient (Wildman–Crippen LogP) is 3.84. The quantitative estimate of drug-likeness (QED) is 0.650. The number of fused-ring (bicyclic) bond motifs is 1. The summed E-state index contributed by atoms with van der Waals surface area (Å²) in [5, 5.41) is 3.25. The molecule has 0 aliphatic carbocycles. The van der Waals surface area contributed by atoms with E-state index in [1.807, 2.05) is 32.9 Å². The normalized spacial score (nSPS) is 12.1. The summed E-state index contributed by atoms with van der Waals surface area (Å²) in [6.45, 7) is 5.51. The third kappa shape index (κ3) is 3.80. The first kappa shape index (κ1) is 20.1. The Kier molecular flexibility index (Phi) is 5.84. The van der Waals surface area contributed by atoms with Crippen LogP contribution < -0.4 is 16.6 Å². The number of hydrogen-bond acceptors (Lipinski definition) is 3. The van der Waals surface area contributed by atoms with Gasteiger partial charge in [-0.15, -0.1) is 0 Å². The second-order valence-electron chi connectivity index (χ2n) is 6.85. The van der Waals surface area contributed by atoms with E-state index in [0.717, 1.165) is 10.0 Å². The highest BCUT2D eigenvalue weighted by molar-refractivity contribution is 9.10. The Morgan fingerprint density at radius 3 is 2.57 bits per heavy atom. The summed E-state index contributed by atoms with van der Waals surface area (Å²) >= 11 is 3.44. The minimum Gasteiger partial charge on any atom is -0.324 e. The molecule has 146 valence electrons. The van der Waals surface area contributed by atoms with Gasteiger partial charge >= 0.3 is 5.69 Å². The molecule has 3 rings (SSSR count). The number of anilines is 1. The maximum absolute atomic E-state index is 13.0. The topological polar surface area (TPSA) is 73.1 Å². The first-order chi connectivity index (χ1) is 13.3. The van der Waals surface area contributed by atoms with Gasteiger partial charge in [0.1, 0.15) is 6.54 Å². The molecule has 1 N–H and O–H groups in total. The fraction of sp³-hybridized carbons (Fsp3) is 0.286. The smallest absolute Gasteiger partial charge is 0.324 e. The number of rotatable bonds is 5. The maximum Gasteiger partial charge on any atom is 0.332 e. The van der Waals surface area contributed by atoms with E-state index < -0.39 is 5.69 Å². The van der Waals surface area contributed by atoms with E-state index in [4.69, 9.17) is 0 Å². The SMILES string of the molecule is CC[C@H](C)n1c(=O)c2ccccc2n(CC(=O)Nc2ccc(C)cc2Br)c1=O. The second-order valence-corrected chi connectivity index (χ2v) is 7.70. The zero-order chi connectivity index (χ0) is 20.4. The van der Waals surface area contributed by atoms with Gasteiger partial charge in [-0.05, 0) is 66.0 Å². The van der Waals surface area contributed by atoms with Crippen molar-refractivity contribution in [2.24, 2.45) is 0 Å². The van der Waals surface area contributed by atoms with Crippen molar-refractivity contribution in [2.45, 2.75) is 39.8 Å². The number of nitrogens with zero attached hydrogens (tertiary/aromatic N) is 2. The van der Waals surface area contributed by atoms with E-state index in [-0.39, 0.29) is 24.1 Å². The number of benzene rings is 2. The van der Waals surface area contributed by atoms with E-state index in [0.29, 0.717) is 23.0 Å². The van der Waals surface area contributed by atoms with Gasteiger partial charge in [0, 0.05) is 10.5 Å². The van der Waals surface area contributed by atoms with Crippen LogP contribution >= 0.6 is 15.9 Å². The Labute approximate surface area is 170 Å². The van der Waals surface area contributed by atoms with Crippen LogP contribution in [-0.4, -0.2) is 15.0 Å². The average molecular weight is 444 g/mol. The van der Waals surface area contributed by atoms with Crippen molar-refractivity contribution < 1.29 is 4.79 Å².